The third kappa shape index (κ3) is 4.39. The molecule has 0 aliphatic rings. The van der Waals surface area contributed by atoms with E-state index < -0.39 is 0 Å². The Morgan fingerprint density at radius 1 is 1.39 bits per heavy atom. The van der Waals surface area contributed by atoms with E-state index in [2.05, 4.69) is 40.2 Å². The molecule has 1 aromatic rings. The van der Waals surface area contributed by atoms with Crippen LogP contribution in [0.2, 0.25) is 0 Å². The van der Waals surface area contributed by atoms with Gasteiger partial charge in [-0.1, -0.05) is 33.1 Å². The van der Waals surface area contributed by atoms with Crippen molar-refractivity contribution in [2.45, 2.75) is 53.0 Å². The van der Waals surface area contributed by atoms with Gasteiger partial charge in [-0.2, -0.15) is 5.10 Å². The van der Waals surface area contributed by atoms with E-state index >= 15 is 0 Å². The standard InChI is InChI=1S/C14H26BrN3/c1-5-7-8-12(6-2)9-16-10-13-14(15)11(3)17-18(13)4/h12,16H,5-10H2,1-4H3. The van der Waals surface area contributed by atoms with Crippen LogP contribution in [0, 0.1) is 12.8 Å². The molecule has 0 saturated heterocycles. The van der Waals surface area contributed by atoms with E-state index in [1.54, 1.807) is 0 Å². The summed E-state index contributed by atoms with van der Waals surface area (Å²) in [6, 6.07) is 0. The predicted octanol–water partition coefficient (Wildman–Crippen LogP) is 3.80. The third-order valence-electron chi connectivity index (χ3n) is 3.53. The zero-order valence-electron chi connectivity index (χ0n) is 12.1. The fourth-order valence-electron chi connectivity index (χ4n) is 2.21. The van der Waals surface area contributed by atoms with Crippen LogP contribution in [0.1, 0.15) is 50.9 Å². The molecular formula is C14H26BrN3. The monoisotopic (exact) mass is 315 g/mol. The Kier molecular flexibility index (Phi) is 6.94. The van der Waals surface area contributed by atoms with Crippen LogP contribution < -0.4 is 5.32 Å². The molecule has 0 aliphatic carbocycles. The van der Waals surface area contributed by atoms with Gasteiger partial charge in [0.1, 0.15) is 0 Å². The quantitative estimate of drug-likeness (QED) is 0.790. The van der Waals surface area contributed by atoms with Crippen molar-refractivity contribution in [2.24, 2.45) is 13.0 Å². The van der Waals surface area contributed by atoms with Crippen LogP contribution in [0.5, 0.6) is 0 Å². The normalized spacial score (nSPS) is 12.9. The Labute approximate surface area is 119 Å². The topological polar surface area (TPSA) is 29.9 Å². The van der Waals surface area contributed by atoms with E-state index in [0.717, 1.165) is 29.2 Å². The molecule has 1 unspecified atom stereocenters. The lowest BCUT2D eigenvalue weighted by molar-refractivity contribution is 0.416. The minimum atomic E-state index is 0.804. The molecule has 1 rings (SSSR count). The molecule has 0 aromatic carbocycles. The van der Waals surface area contributed by atoms with Crippen LogP contribution in [-0.2, 0) is 13.6 Å². The van der Waals surface area contributed by atoms with E-state index in [0.29, 0.717) is 0 Å². The van der Waals surface area contributed by atoms with E-state index in [4.69, 9.17) is 0 Å². The summed E-state index contributed by atoms with van der Waals surface area (Å²) in [5.74, 6) is 0.804. The maximum atomic E-state index is 4.41. The van der Waals surface area contributed by atoms with Crippen molar-refractivity contribution in [1.29, 1.82) is 0 Å². The van der Waals surface area contributed by atoms with Crippen molar-refractivity contribution in [3.8, 4) is 0 Å². The molecule has 0 saturated carbocycles. The smallest absolute Gasteiger partial charge is 0.0739 e. The highest BCUT2D eigenvalue weighted by Crippen LogP contribution is 2.20. The number of unbranched alkanes of at least 4 members (excludes halogenated alkanes) is 1. The lowest BCUT2D eigenvalue weighted by atomic mass is 9.99. The van der Waals surface area contributed by atoms with Crippen molar-refractivity contribution >= 4 is 15.9 Å². The number of aryl methyl sites for hydroxylation is 2. The highest BCUT2D eigenvalue weighted by atomic mass is 79.9. The average molecular weight is 316 g/mol. The van der Waals surface area contributed by atoms with Gasteiger partial charge in [-0.3, -0.25) is 4.68 Å². The number of hydrogen-bond donors (Lipinski definition) is 1. The summed E-state index contributed by atoms with van der Waals surface area (Å²) >= 11 is 3.60. The Morgan fingerprint density at radius 2 is 2.11 bits per heavy atom. The van der Waals surface area contributed by atoms with Gasteiger partial charge in [-0.05, 0) is 41.7 Å². The summed E-state index contributed by atoms with van der Waals surface area (Å²) in [5, 5.41) is 7.97. The second-order valence-electron chi connectivity index (χ2n) is 5.02. The summed E-state index contributed by atoms with van der Waals surface area (Å²) in [6.07, 6.45) is 5.24. The fourth-order valence-corrected chi connectivity index (χ4v) is 2.69. The molecule has 3 nitrogen and oxygen atoms in total. The average Bonchev–Trinajstić information content (AvgIpc) is 2.59. The number of hydrogen-bond acceptors (Lipinski definition) is 2. The Morgan fingerprint density at radius 3 is 2.61 bits per heavy atom. The minimum Gasteiger partial charge on any atom is -0.311 e. The summed E-state index contributed by atoms with van der Waals surface area (Å²) in [6.45, 7) is 8.57. The van der Waals surface area contributed by atoms with Crippen LogP contribution in [0.4, 0.5) is 0 Å². The van der Waals surface area contributed by atoms with Crippen molar-refractivity contribution in [3.63, 3.8) is 0 Å². The van der Waals surface area contributed by atoms with Crippen LogP contribution in [-0.4, -0.2) is 16.3 Å². The van der Waals surface area contributed by atoms with Gasteiger partial charge in [0.25, 0.3) is 0 Å². The van der Waals surface area contributed by atoms with E-state index in [9.17, 15) is 0 Å². The minimum absolute atomic E-state index is 0.804. The SMILES string of the molecule is CCCCC(CC)CNCc1c(Br)c(C)nn1C. The molecule has 0 fully saturated rings. The van der Waals surface area contributed by atoms with Crippen molar-refractivity contribution in [2.75, 3.05) is 6.54 Å². The first-order valence-electron chi connectivity index (χ1n) is 6.98. The number of aromatic nitrogens is 2. The summed E-state index contributed by atoms with van der Waals surface area (Å²) in [4.78, 5) is 0. The highest BCUT2D eigenvalue weighted by Gasteiger charge is 2.11. The van der Waals surface area contributed by atoms with Gasteiger partial charge in [-0.15, -0.1) is 0 Å². The van der Waals surface area contributed by atoms with Crippen molar-refractivity contribution in [1.82, 2.24) is 15.1 Å². The second-order valence-corrected chi connectivity index (χ2v) is 5.81. The molecule has 4 heteroatoms. The maximum Gasteiger partial charge on any atom is 0.0739 e. The van der Waals surface area contributed by atoms with Gasteiger partial charge in [0.2, 0.25) is 0 Å². The van der Waals surface area contributed by atoms with E-state index in [1.807, 2.05) is 18.7 Å². The molecular weight excluding hydrogens is 290 g/mol. The first-order chi connectivity index (χ1) is 8.60. The van der Waals surface area contributed by atoms with Gasteiger partial charge in [0.05, 0.1) is 15.9 Å². The number of nitrogens with zero attached hydrogens (tertiary/aromatic N) is 2. The van der Waals surface area contributed by atoms with Gasteiger partial charge in [0, 0.05) is 13.6 Å². The first kappa shape index (κ1) is 15.7. The van der Waals surface area contributed by atoms with Crippen LogP contribution in [0.15, 0.2) is 4.47 Å². The summed E-state index contributed by atoms with van der Waals surface area (Å²) < 4.78 is 3.10. The molecule has 0 bridgehead atoms. The van der Waals surface area contributed by atoms with Crippen molar-refractivity contribution in [3.05, 3.63) is 15.9 Å². The predicted molar refractivity (Wildman–Crippen MR) is 80.7 cm³/mol. The van der Waals surface area contributed by atoms with Crippen LogP contribution in [0.25, 0.3) is 0 Å². The molecule has 0 radical (unpaired) electrons. The van der Waals surface area contributed by atoms with Crippen LogP contribution >= 0.6 is 15.9 Å². The maximum absolute atomic E-state index is 4.41. The van der Waals surface area contributed by atoms with Crippen LogP contribution in [0.3, 0.4) is 0 Å². The van der Waals surface area contributed by atoms with E-state index in [1.165, 1.54) is 31.4 Å². The molecule has 1 heterocycles. The molecule has 104 valence electrons. The largest absolute Gasteiger partial charge is 0.311 e. The van der Waals surface area contributed by atoms with Gasteiger partial charge in [0.15, 0.2) is 0 Å². The summed E-state index contributed by atoms with van der Waals surface area (Å²) in [7, 11) is 2.00. The molecule has 1 aromatic heterocycles. The molecule has 0 amide bonds. The highest BCUT2D eigenvalue weighted by molar-refractivity contribution is 9.10. The lowest BCUT2D eigenvalue weighted by Gasteiger charge is -2.15. The number of rotatable bonds is 8. The zero-order valence-corrected chi connectivity index (χ0v) is 13.7. The Hall–Kier alpha value is -0.350. The Bertz CT molecular complexity index is 360. The number of nitrogens with one attached hydrogen (secondary N) is 1. The zero-order chi connectivity index (χ0) is 13.5. The second kappa shape index (κ2) is 7.95. The Balaban J connectivity index is 2.40. The van der Waals surface area contributed by atoms with Crippen molar-refractivity contribution < 1.29 is 0 Å². The molecule has 1 N–H and O–H groups in total. The number of halogens is 1. The fraction of sp³-hybridized carbons (Fsp3) is 0.786. The van der Waals surface area contributed by atoms with Gasteiger partial charge >= 0.3 is 0 Å². The van der Waals surface area contributed by atoms with E-state index in [-0.39, 0.29) is 0 Å². The first-order valence-corrected chi connectivity index (χ1v) is 7.78. The van der Waals surface area contributed by atoms with Gasteiger partial charge in [-0.25, -0.2) is 0 Å². The molecule has 1 atom stereocenters. The van der Waals surface area contributed by atoms with Gasteiger partial charge < -0.3 is 5.32 Å². The third-order valence-corrected chi connectivity index (χ3v) is 4.56. The molecule has 0 aliphatic heterocycles. The summed E-state index contributed by atoms with van der Waals surface area (Å²) in [5.41, 5.74) is 2.30. The molecule has 18 heavy (non-hydrogen) atoms. The molecule has 0 spiro atoms. The lowest BCUT2D eigenvalue weighted by Crippen LogP contribution is -2.23.